The summed E-state index contributed by atoms with van der Waals surface area (Å²) < 4.78 is 18.0. The van der Waals surface area contributed by atoms with Crippen LogP contribution in [-0.2, 0) is 9.98 Å². The molecule has 0 bridgehead atoms. The van der Waals surface area contributed by atoms with E-state index in [-0.39, 0.29) is 0 Å². The van der Waals surface area contributed by atoms with Gasteiger partial charge in [-0.05, 0) is 82.9 Å². The van der Waals surface area contributed by atoms with Gasteiger partial charge in [0.15, 0.2) is 0 Å². The largest absolute Gasteiger partial charge is 0.310 e. The molecule has 9 aromatic rings. The number of anilines is 3. The fourth-order valence-electron chi connectivity index (χ4n) is 8.71. The van der Waals surface area contributed by atoms with Crippen molar-refractivity contribution < 1.29 is 4.57 Å². The lowest BCUT2D eigenvalue weighted by molar-refractivity contribution is 0.583. The molecular weight excluding hydrogens is 664 g/mol. The van der Waals surface area contributed by atoms with E-state index >= 15 is 4.57 Å². The maximum absolute atomic E-state index is 15.9. The molecule has 0 saturated carbocycles. The Morgan fingerprint density at radius 1 is 0.396 bits per heavy atom. The van der Waals surface area contributed by atoms with Crippen LogP contribution in [-0.4, -0.2) is 4.34 Å². The molecule has 10 rings (SSSR count). The van der Waals surface area contributed by atoms with E-state index in [0.717, 1.165) is 49.5 Å². The maximum Gasteiger partial charge on any atom is 0.234 e. The molecule has 1 aromatic heterocycles. The Hall–Kier alpha value is -6.41. The minimum Gasteiger partial charge on any atom is -0.310 e. The van der Waals surface area contributed by atoms with Gasteiger partial charge in [-0.15, -0.1) is 0 Å². The summed E-state index contributed by atoms with van der Waals surface area (Å²) in [5, 5.41) is 3.73. The predicted molar refractivity (Wildman–Crippen MR) is 221 cm³/mol. The second-order valence-electron chi connectivity index (χ2n) is 13.6. The zero-order chi connectivity index (χ0) is 35.4. The van der Waals surface area contributed by atoms with Crippen molar-refractivity contribution >= 4 is 56.8 Å². The summed E-state index contributed by atoms with van der Waals surface area (Å²) in [5.74, 6) is 0. The van der Waals surface area contributed by atoms with Crippen molar-refractivity contribution in [2.75, 3.05) is 4.90 Å². The van der Waals surface area contributed by atoms with Crippen LogP contribution in [0.5, 0.6) is 0 Å². The van der Waals surface area contributed by atoms with Crippen LogP contribution in [0.2, 0.25) is 0 Å². The molecule has 2 heterocycles. The molecule has 0 unspecified atom stereocenters. The summed E-state index contributed by atoms with van der Waals surface area (Å²) in [4.78, 5) is 2.41. The molecule has 0 amide bonds. The molecule has 1 aliphatic rings. The Labute approximate surface area is 309 Å². The molecule has 8 aromatic carbocycles. The van der Waals surface area contributed by atoms with E-state index in [4.69, 9.17) is 0 Å². The number of rotatable bonds is 6. The summed E-state index contributed by atoms with van der Waals surface area (Å²) in [6.07, 6.45) is 0. The van der Waals surface area contributed by atoms with E-state index in [2.05, 4.69) is 155 Å². The Bertz CT molecular complexity index is 2680. The second kappa shape index (κ2) is 12.4. The minimum atomic E-state index is -3.36. The fourth-order valence-corrected chi connectivity index (χ4v) is 11.6. The number of benzene rings is 8. The smallest absolute Gasteiger partial charge is 0.234 e. The Morgan fingerprint density at radius 2 is 0.830 bits per heavy atom. The molecule has 0 saturated heterocycles. The first-order chi connectivity index (χ1) is 26.2. The minimum absolute atomic E-state index is 0.537. The van der Waals surface area contributed by atoms with Crippen molar-refractivity contribution in [2.24, 2.45) is 0 Å². The Kier molecular flexibility index (Phi) is 7.32. The molecule has 0 radical (unpaired) electrons. The molecule has 252 valence electrons. The number of para-hydroxylation sites is 3. The monoisotopic (exact) mass is 698 g/mol. The number of hydrogen-bond acceptors (Lipinski definition) is 2. The van der Waals surface area contributed by atoms with E-state index in [0.29, 0.717) is 0 Å². The highest BCUT2D eigenvalue weighted by Crippen LogP contribution is 2.58. The summed E-state index contributed by atoms with van der Waals surface area (Å²) >= 11 is 0. The third-order valence-electron chi connectivity index (χ3n) is 10.9. The Morgan fingerprint density at radius 3 is 1.38 bits per heavy atom. The van der Waals surface area contributed by atoms with Crippen LogP contribution >= 0.6 is 7.29 Å². The zero-order valence-electron chi connectivity index (χ0n) is 29.0. The average Bonchev–Trinajstić information content (AvgIpc) is 3.58. The van der Waals surface area contributed by atoms with Gasteiger partial charge in [-0.3, -0.25) is 8.90 Å². The second-order valence-corrected chi connectivity index (χ2v) is 16.2. The van der Waals surface area contributed by atoms with Crippen LogP contribution in [0.1, 0.15) is 22.3 Å². The lowest BCUT2D eigenvalue weighted by Gasteiger charge is -2.46. The molecule has 3 nitrogen and oxygen atoms in total. The van der Waals surface area contributed by atoms with Crippen molar-refractivity contribution in [3.05, 3.63) is 235 Å². The molecule has 4 heteroatoms. The lowest BCUT2D eigenvalue weighted by Crippen LogP contribution is -2.37. The Balaban J connectivity index is 1.26. The first kappa shape index (κ1) is 31.3. The highest BCUT2D eigenvalue weighted by atomic mass is 31.2. The zero-order valence-corrected chi connectivity index (χ0v) is 29.9. The van der Waals surface area contributed by atoms with Gasteiger partial charge in [0.05, 0.1) is 27.8 Å². The van der Waals surface area contributed by atoms with Gasteiger partial charge in [0.1, 0.15) is 0 Å². The van der Waals surface area contributed by atoms with Crippen LogP contribution in [0.4, 0.5) is 17.1 Å². The van der Waals surface area contributed by atoms with Gasteiger partial charge >= 0.3 is 0 Å². The summed E-state index contributed by atoms with van der Waals surface area (Å²) in [7, 11) is -3.36. The van der Waals surface area contributed by atoms with Crippen molar-refractivity contribution in [3.8, 4) is 0 Å². The summed E-state index contributed by atoms with van der Waals surface area (Å²) in [6.45, 7) is 0. The van der Waals surface area contributed by atoms with E-state index in [9.17, 15) is 0 Å². The third kappa shape index (κ3) is 4.58. The SMILES string of the molecule is O=P(c1ccccc1)(c1ccccc1)n1c2ccccc2c2cc(N3c4ccccc4C(c4ccccc4)(c4ccccc4)c4ccccc43)ccc21. The van der Waals surface area contributed by atoms with Gasteiger partial charge in [-0.2, -0.15) is 0 Å². The molecule has 53 heavy (non-hydrogen) atoms. The van der Waals surface area contributed by atoms with E-state index in [1.54, 1.807) is 0 Å². The normalized spacial score (nSPS) is 13.5. The van der Waals surface area contributed by atoms with Gasteiger partial charge in [-0.1, -0.05) is 152 Å². The highest BCUT2D eigenvalue weighted by molar-refractivity contribution is 7.77. The molecular formula is C49H35N2OP. The van der Waals surface area contributed by atoms with Gasteiger partial charge in [0.2, 0.25) is 7.29 Å². The van der Waals surface area contributed by atoms with Gasteiger partial charge in [0.25, 0.3) is 0 Å². The lowest BCUT2D eigenvalue weighted by atomic mass is 9.62. The van der Waals surface area contributed by atoms with Crippen LogP contribution in [0.25, 0.3) is 21.8 Å². The number of nitrogens with zero attached hydrogens (tertiary/aromatic N) is 2. The fraction of sp³-hybridized carbons (Fsp3) is 0.0204. The van der Waals surface area contributed by atoms with Crippen molar-refractivity contribution in [1.29, 1.82) is 0 Å². The van der Waals surface area contributed by atoms with Gasteiger partial charge in [-0.25, -0.2) is 0 Å². The summed E-state index contributed by atoms with van der Waals surface area (Å²) in [5.41, 5.74) is 9.53. The van der Waals surface area contributed by atoms with E-state index in [1.807, 2.05) is 66.7 Å². The van der Waals surface area contributed by atoms with Crippen molar-refractivity contribution in [1.82, 2.24) is 4.34 Å². The molecule has 0 aliphatic carbocycles. The van der Waals surface area contributed by atoms with Crippen molar-refractivity contribution in [3.63, 3.8) is 0 Å². The van der Waals surface area contributed by atoms with Gasteiger partial charge in [0, 0.05) is 27.1 Å². The first-order valence-corrected chi connectivity index (χ1v) is 19.7. The predicted octanol–water partition coefficient (Wildman–Crippen LogP) is 11.7. The number of aromatic nitrogens is 1. The molecule has 0 fully saturated rings. The highest BCUT2D eigenvalue weighted by Gasteiger charge is 2.46. The standard InChI is InChI=1S/C49H35N2OP/c52-53(39-23-9-3-10-24-39,40-25-11-4-12-26-40)51-45-30-16-13-27-41(45)42-35-38(33-34-46(42)51)50-47-31-17-14-28-43(47)49(36-19-5-1-6-20-36,37-21-7-2-8-22-37)44-29-15-18-32-48(44)50/h1-35H. The number of hydrogen-bond donors (Lipinski definition) is 0. The molecule has 0 atom stereocenters. The quantitative estimate of drug-likeness (QED) is 0.162. The maximum atomic E-state index is 15.9. The van der Waals surface area contributed by atoms with Gasteiger partial charge < -0.3 is 4.90 Å². The third-order valence-corrected chi connectivity index (χ3v) is 13.9. The summed E-state index contributed by atoms with van der Waals surface area (Å²) in [6, 6.07) is 74.4. The molecule has 0 spiro atoms. The van der Waals surface area contributed by atoms with E-state index in [1.165, 1.54) is 22.3 Å². The van der Waals surface area contributed by atoms with Crippen LogP contribution in [0.3, 0.4) is 0 Å². The molecule has 0 N–H and O–H groups in total. The van der Waals surface area contributed by atoms with E-state index < -0.39 is 12.7 Å². The topological polar surface area (TPSA) is 25.2 Å². The molecule has 1 aliphatic heterocycles. The first-order valence-electron chi connectivity index (χ1n) is 18.1. The van der Waals surface area contributed by atoms with Crippen molar-refractivity contribution in [2.45, 2.75) is 5.41 Å². The average molecular weight is 699 g/mol. The van der Waals surface area contributed by atoms with Crippen LogP contribution < -0.4 is 15.5 Å². The number of fused-ring (bicyclic) bond motifs is 5. The van der Waals surface area contributed by atoms with Crippen LogP contribution in [0, 0.1) is 0 Å². The van der Waals surface area contributed by atoms with Crippen LogP contribution in [0.15, 0.2) is 212 Å².